The van der Waals surface area contributed by atoms with Gasteiger partial charge in [0.1, 0.15) is 11.0 Å². The number of rotatable bonds is 2. The lowest BCUT2D eigenvalue weighted by atomic mass is 9.54. The molecule has 24 heavy (non-hydrogen) atoms. The highest BCUT2D eigenvalue weighted by Gasteiger charge is 2.66. The summed E-state index contributed by atoms with van der Waals surface area (Å²) in [5, 5.41) is 21.1. The third kappa shape index (κ3) is 3.39. The zero-order chi connectivity index (χ0) is 18.6. The Labute approximate surface area is 144 Å². The highest BCUT2D eigenvalue weighted by Crippen LogP contribution is 2.54. The third-order valence-electron chi connectivity index (χ3n) is 5.23. The molecular formula is C18H31NO5. The Morgan fingerprint density at radius 2 is 1.71 bits per heavy atom. The molecule has 138 valence electrons. The van der Waals surface area contributed by atoms with E-state index in [0.29, 0.717) is 12.8 Å². The van der Waals surface area contributed by atoms with Crippen LogP contribution in [0.2, 0.25) is 0 Å². The molecule has 1 saturated carbocycles. The topological polar surface area (TPSA) is 87.1 Å². The van der Waals surface area contributed by atoms with Gasteiger partial charge in [-0.25, -0.2) is 4.79 Å². The Morgan fingerprint density at radius 3 is 2.12 bits per heavy atom. The van der Waals surface area contributed by atoms with Crippen molar-refractivity contribution < 1.29 is 24.5 Å². The molecule has 1 heterocycles. The van der Waals surface area contributed by atoms with Gasteiger partial charge in [0.25, 0.3) is 0 Å². The van der Waals surface area contributed by atoms with E-state index < -0.39 is 28.7 Å². The van der Waals surface area contributed by atoms with Crippen LogP contribution in [0.1, 0.15) is 60.8 Å². The molecule has 2 N–H and O–H groups in total. The Kier molecular flexibility index (Phi) is 4.45. The first-order valence-corrected chi connectivity index (χ1v) is 8.63. The van der Waals surface area contributed by atoms with Gasteiger partial charge >= 0.3 is 12.1 Å². The number of carbonyl (C=O) groups excluding carboxylic acids is 1. The average Bonchev–Trinajstić information content (AvgIpc) is 2.18. The molecule has 0 aromatic heterocycles. The number of aliphatic hydroxyl groups is 1. The largest absolute Gasteiger partial charge is 0.481 e. The summed E-state index contributed by atoms with van der Waals surface area (Å²) >= 11 is 0. The van der Waals surface area contributed by atoms with E-state index in [1.54, 1.807) is 20.8 Å². The molecule has 0 radical (unpaired) electrons. The Morgan fingerprint density at radius 1 is 1.17 bits per heavy atom. The third-order valence-corrected chi connectivity index (χ3v) is 5.23. The van der Waals surface area contributed by atoms with Gasteiger partial charge in [0, 0.05) is 13.1 Å². The lowest BCUT2D eigenvalue weighted by Crippen LogP contribution is -2.73. The van der Waals surface area contributed by atoms with E-state index >= 15 is 0 Å². The fourth-order valence-electron chi connectivity index (χ4n) is 4.58. The maximum atomic E-state index is 12.2. The van der Waals surface area contributed by atoms with Gasteiger partial charge in [0.2, 0.25) is 0 Å². The van der Waals surface area contributed by atoms with Gasteiger partial charge < -0.3 is 19.8 Å². The molecule has 6 nitrogen and oxygen atoms in total. The molecule has 1 aliphatic carbocycles. The summed E-state index contributed by atoms with van der Waals surface area (Å²) in [6.45, 7) is 11.5. The Hall–Kier alpha value is -1.30. The number of nitrogens with zero attached hydrogens (tertiary/aromatic N) is 1. The minimum absolute atomic E-state index is 0.00343. The van der Waals surface area contributed by atoms with Crippen molar-refractivity contribution >= 4 is 12.1 Å². The maximum absolute atomic E-state index is 12.2. The van der Waals surface area contributed by atoms with Crippen LogP contribution in [0.4, 0.5) is 4.79 Å². The van der Waals surface area contributed by atoms with Crippen LogP contribution in [-0.2, 0) is 9.53 Å². The number of ether oxygens (including phenoxy) is 1. The van der Waals surface area contributed by atoms with Gasteiger partial charge in [-0.1, -0.05) is 20.8 Å². The summed E-state index contributed by atoms with van der Waals surface area (Å²) in [5.74, 6) is -0.791. The summed E-state index contributed by atoms with van der Waals surface area (Å²) < 4.78 is 5.31. The van der Waals surface area contributed by atoms with E-state index in [1.807, 2.05) is 6.92 Å². The van der Waals surface area contributed by atoms with Crippen LogP contribution >= 0.6 is 0 Å². The molecule has 2 atom stereocenters. The van der Waals surface area contributed by atoms with Gasteiger partial charge in [-0.15, -0.1) is 0 Å². The predicted molar refractivity (Wildman–Crippen MR) is 89.6 cm³/mol. The molecule has 1 amide bonds. The van der Waals surface area contributed by atoms with Crippen molar-refractivity contribution in [3.05, 3.63) is 0 Å². The number of carboxylic acid groups (broad SMARTS) is 1. The molecule has 0 aromatic rings. The molecule has 2 aliphatic rings. The molecule has 2 fully saturated rings. The number of carboxylic acids is 1. The zero-order valence-electron chi connectivity index (χ0n) is 15.7. The smallest absolute Gasteiger partial charge is 0.410 e. The first kappa shape index (κ1) is 19.0. The Bertz CT molecular complexity index is 530. The summed E-state index contributed by atoms with van der Waals surface area (Å²) in [5.41, 5.74) is -3.37. The van der Waals surface area contributed by atoms with E-state index in [9.17, 15) is 19.8 Å². The molecule has 0 spiro atoms. The van der Waals surface area contributed by atoms with Crippen molar-refractivity contribution in [2.75, 3.05) is 13.1 Å². The van der Waals surface area contributed by atoms with Crippen molar-refractivity contribution in [2.45, 2.75) is 72.0 Å². The minimum atomic E-state index is -1.31. The number of hydrogen-bond donors (Lipinski definition) is 2. The summed E-state index contributed by atoms with van der Waals surface area (Å²) in [6.07, 6.45) is 1.32. The van der Waals surface area contributed by atoms with Gasteiger partial charge in [-0.05, 0) is 51.4 Å². The fraction of sp³-hybridized carbons (Fsp3) is 0.889. The van der Waals surface area contributed by atoms with E-state index in [4.69, 9.17) is 4.74 Å². The number of likely N-dealkylation sites (tertiary alicyclic amines) is 1. The molecule has 1 saturated heterocycles. The SMILES string of the molecule is CC1CC(C)(C)CC(O)(C2(C(=O)O)CN(C(=O)OC(C)(C)C)C2)C1. The van der Waals surface area contributed by atoms with Gasteiger partial charge in [-0.3, -0.25) is 4.79 Å². The highest BCUT2D eigenvalue weighted by molar-refractivity contribution is 5.82. The van der Waals surface area contributed by atoms with Crippen molar-refractivity contribution in [2.24, 2.45) is 16.7 Å². The lowest BCUT2D eigenvalue weighted by molar-refractivity contribution is -0.213. The van der Waals surface area contributed by atoms with E-state index in [0.717, 1.165) is 6.42 Å². The quantitative estimate of drug-likeness (QED) is 0.806. The number of aliphatic carboxylic acids is 1. The first-order valence-electron chi connectivity index (χ1n) is 8.63. The standard InChI is InChI=1S/C18H31NO5/c1-12-7-16(5,6)9-18(23,8-12)17(13(20)21)10-19(11-17)14(22)24-15(2,3)4/h12,23H,7-11H2,1-6H3,(H,20,21). The average molecular weight is 341 g/mol. The van der Waals surface area contributed by atoms with Crippen molar-refractivity contribution in [3.63, 3.8) is 0 Å². The lowest BCUT2D eigenvalue weighted by Gasteiger charge is -2.59. The van der Waals surface area contributed by atoms with Crippen molar-refractivity contribution in [3.8, 4) is 0 Å². The number of hydrogen-bond acceptors (Lipinski definition) is 4. The molecule has 6 heteroatoms. The van der Waals surface area contributed by atoms with Crippen LogP contribution < -0.4 is 0 Å². The maximum Gasteiger partial charge on any atom is 0.410 e. The molecule has 2 unspecified atom stereocenters. The highest BCUT2D eigenvalue weighted by atomic mass is 16.6. The van der Waals surface area contributed by atoms with Gasteiger partial charge in [-0.2, -0.15) is 0 Å². The summed E-state index contributed by atoms with van der Waals surface area (Å²) in [4.78, 5) is 25.6. The monoisotopic (exact) mass is 341 g/mol. The summed E-state index contributed by atoms with van der Waals surface area (Å²) in [7, 11) is 0. The Balaban J connectivity index is 2.20. The van der Waals surface area contributed by atoms with Crippen LogP contribution in [0.25, 0.3) is 0 Å². The van der Waals surface area contributed by atoms with Crippen LogP contribution in [-0.4, -0.2) is 51.5 Å². The van der Waals surface area contributed by atoms with E-state index in [-0.39, 0.29) is 24.4 Å². The van der Waals surface area contributed by atoms with Gasteiger partial charge in [0.05, 0.1) is 5.60 Å². The van der Waals surface area contributed by atoms with Crippen LogP contribution in [0, 0.1) is 16.7 Å². The zero-order valence-corrected chi connectivity index (χ0v) is 15.7. The molecule has 2 rings (SSSR count). The second kappa shape index (κ2) is 5.61. The van der Waals surface area contributed by atoms with E-state index in [1.165, 1.54) is 4.90 Å². The normalized spacial score (nSPS) is 32.0. The second-order valence-electron chi connectivity index (χ2n) is 9.61. The molecular weight excluding hydrogens is 310 g/mol. The number of carbonyl (C=O) groups is 2. The molecule has 0 bridgehead atoms. The molecule has 1 aliphatic heterocycles. The number of amides is 1. The molecule has 0 aromatic carbocycles. The van der Waals surface area contributed by atoms with Crippen LogP contribution in [0.5, 0.6) is 0 Å². The summed E-state index contributed by atoms with van der Waals surface area (Å²) in [6, 6.07) is 0. The van der Waals surface area contributed by atoms with E-state index in [2.05, 4.69) is 13.8 Å². The van der Waals surface area contributed by atoms with Crippen LogP contribution in [0.3, 0.4) is 0 Å². The fourth-order valence-corrected chi connectivity index (χ4v) is 4.58. The van der Waals surface area contributed by atoms with Crippen molar-refractivity contribution in [1.82, 2.24) is 4.90 Å². The minimum Gasteiger partial charge on any atom is -0.481 e. The second-order valence-corrected chi connectivity index (χ2v) is 9.61. The van der Waals surface area contributed by atoms with Crippen molar-refractivity contribution in [1.29, 1.82) is 0 Å². The predicted octanol–water partition coefficient (Wildman–Crippen LogP) is 2.89. The van der Waals surface area contributed by atoms with Gasteiger partial charge in [0.15, 0.2) is 0 Å². The first-order chi connectivity index (χ1) is 10.7. The van der Waals surface area contributed by atoms with Crippen LogP contribution in [0.15, 0.2) is 0 Å².